The van der Waals surface area contributed by atoms with Crippen LogP contribution in [0.5, 0.6) is 0 Å². The van der Waals surface area contributed by atoms with Gasteiger partial charge in [0.15, 0.2) is 0 Å². The third-order valence-electron chi connectivity index (χ3n) is 1.80. The van der Waals surface area contributed by atoms with Gasteiger partial charge in [0.25, 0.3) is 0 Å². The van der Waals surface area contributed by atoms with E-state index in [9.17, 15) is 0 Å². The molecule has 0 aliphatic heterocycles. The Hall–Kier alpha value is -0.160. The lowest BCUT2D eigenvalue weighted by molar-refractivity contribution is 0.284. The van der Waals surface area contributed by atoms with Crippen molar-refractivity contribution in [1.82, 2.24) is 15.5 Å². The number of nitrogens with one attached hydrogen (secondary N) is 2. The Kier molecular flexibility index (Phi) is 8.81. The van der Waals surface area contributed by atoms with E-state index in [1.807, 2.05) is 14.1 Å². The summed E-state index contributed by atoms with van der Waals surface area (Å²) in [5.41, 5.74) is 5.49. The summed E-state index contributed by atoms with van der Waals surface area (Å²) in [7, 11) is 3.94. The second-order valence-electron chi connectivity index (χ2n) is 2.84. The lowest BCUT2D eigenvalue weighted by Gasteiger charge is -2.20. The van der Waals surface area contributed by atoms with Gasteiger partial charge in [0.05, 0.1) is 0 Å². The van der Waals surface area contributed by atoms with Crippen LogP contribution < -0.4 is 16.4 Å². The summed E-state index contributed by atoms with van der Waals surface area (Å²) in [6.07, 6.45) is 0. The molecule has 4 nitrogen and oxygen atoms in total. The molecule has 74 valence electrons. The van der Waals surface area contributed by atoms with Crippen molar-refractivity contribution in [3.63, 3.8) is 0 Å². The molecule has 0 unspecified atom stereocenters. The van der Waals surface area contributed by atoms with Gasteiger partial charge in [-0.25, -0.2) is 0 Å². The van der Waals surface area contributed by atoms with Crippen LogP contribution >= 0.6 is 0 Å². The van der Waals surface area contributed by atoms with Crippen LogP contribution in [0.2, 0.25) is 0 Å². The standard InChI is InChI=1S/C8H22N4/c1-10-4-7-12(6-3-9)8-5-11-2/h10-11H,3-9H2,1-2H3. The average Bonchev–Trinajstić information content (AvgIpc) is 2.10. The molecule has 0 radical (unpaired) electrons. The Morgan fingerprint density at radius 1 is 1.00 bits per heavy atom. The summed E-state index contributed by atoms with van der Waals surface area (Å²) >= 11 is 0. The van der Waals surface area contributed by atoms with Crippen LogP contribution in [0.1, 0.15) is 0 Å². The van der Waals surface area contributed by atoms with E-state index in [0.29, 0.717) is 0 Å². The highest BCUT2D eigenvalue weighted by Gasteiger charge is 2.00. The second kappa shape index (κ2) is 8.93. The monoisotopic (exact) mass is 174 g/mol. The van der Waals surface area contributed by atoms with Crippen molar-refractivity contribution in [2.24, 2.45) is 5.73 Å². The molecule has 0 spiro atoms. The smallest absolute Gasteiger partial charge is 0.0108 e. The van der Waals surface area contributed by atoms with Crippen LogP contribution in [-0.4, -0.2) is 58.3 Å². The fourth-order valence-electron chi connectivity index (χ4n) is 1.06. The van der Waals surface area contributed by atoms with Gasteiger partial charge in [-0.2, -0.15) is 0 Å². The van der Waals surface area contributed by atoms with Crippen LogP contribution in [0, 0.1) is 0 Å². The number of nitrogens with zero attached hydrogens (tertiary/aromatic N) is 1. The molecule has 0 fully saturated rings. The van der Waals surface area contributed by atoms with Crippen molar-refractivity contribution in [2.75, 3.05) is 53.4 Å². The molecule has 0 aromatic heterocycles. The van der Waals surface area contributed by atoms with Gasteiger partial charge in [-0.3, -0.25) is 4.90 Å². The molecule has 0 atom stereocenters. The van der Waals surface area contributed by atoms with E-state index in [-0.39, 0.29) is 0 Å². The molecule has 0 aliphatic rings. The van der Waals surface area contributed by atoms with Gasteiger partial charge in [0.1, 0.15) is 0 Å². The molecule has 0 bridgehead atoms. The van der Waals surface area contributed by atoms with Crippen molar-refractivity contribution in [3.05, 3.63) is 0 Å². The van der Waals surface area contributed by atoms with Gasteiger partial charge in [-0.1, -0.05) is 0 Å². The van der Waals surface area contributed by atoms with Gasteiger partial charge in [-0.05, 0) is 14.1 Å². The number of hydrogen-bond donors (Lipinski definition) is 3. The molecular formula is C8H22N4. The van der Waals surface area contributed by atoms with Gasteiger partial charge >= 0.3 is 0 Å². The lowest BCUT2D eigenvalue weighted by atomic mass is 10.4. The number of nitrogens with two attached hydrogens (primary N) is 1. The van der Waals surface area contributed by atoms with E-state index in [2.05, 4.69) is 15.5 Å². The van der Waals surface area contributed by atoms with Crippen LogP contribution in [0.15, 0.2) is 0 Å². The molecule has 0 heterocycles. The normalized spacial score (nSPS) is 11.0. The number of rotatable bonds is 8. The van der Waals surface area contributed by atoms with Crippen molar-refractivity contribution >= 4 is 0 Å². The molecule has 0 aliphatic carbocycles. The van der Waals surface area contributed by atoms with E-state index in [4.69, 9.17) is 5.73 Å². The minimum Gasteiger partial charge on any atom is -0.329 e. The molecule has 12 heavy (non-hydrogen) atoms. The third kappa shape index (κ3) is 6.54. The van der Waals surface area contributed by atoms with Crippen LogP contribution in [0.3, 0.4) is 0 Å². The SMILES string of the molecule is CNCCN(CCN)CCNC. The van der Waals surface area contributed by atoms with E-state index in [1.165, 1.54) is 0 Å². The highest BCUT2D eigenvalue weighted by atomic mass is 15.1. The van der Waals surface area contributed by atoms with Gasteiger partial charge in [-0.15, -0.1) is 0 Å². The van der Waals surface area contributed by atoms with Crippen molar-refractivity contribution in [3.8, 4) is 0 Å². The van der Waals surface area contributed by atoms with Gasteiger partial charge in [0, 0.05) is 39.3 Å². The first-order valence-electron chi connectivity index (χ1n) is 4.56. The highest BCUT2D eigenvalue weighted by Crippen LogP contribution is 1.83. The third-order valence-corrected chi connectivity index (χ3v) is 1.80. The average molecular weight is 174 g/mol. The number of likely N-dealkylation sites (N-methyl/N-ethyl adjacent to an activating group) is 2. The molecule has 0 saturated carbocycles. The Morgan fingerprint density at radius 3 is 1.83 bits per heavy atom. The predicted molar refractivity (Wildman–Crippen MR) is 53.3 cm³/mol. The van der Waals surface area contributed by atoms with Crippen molar-refractivity contribution < 1.29 is 0 Å². The molecular weight excluding hydrogens is 152 g/mol. The van der Waals surface area contributed by atoms with E-state index >= 15 is 0 Å². The predicted octanol–water partition coefficient (Wildman–Crippen LogP) is -1.31. The van der Waals surface area contributed by atoms with Crippen molar-refractivity contribution in [2.45, 2.75) is 0 Å². The Bertz CT molecular complexity index is 79.1. The second-order valence-corrected chi connectivity index (χ2v) is 2.84. The number of hydrogen-bond acceptors (Lipinski definition) is 4. The maximum atomic E-state index is 5.49. The lowest BCUT2D eigenvalue weighted by Crippen LogP contribution is -2.38. The first kappa shape index (κ1) is 11.8. The minimum atomic E-state index is 0.743. The van der Waals surface area contributed by atoms with Crippen LogP contribution in [0.25, 0.3) is 0 Å². The fourth-order valence-corrected chi connectivity index (χ4v) is 1.06. The highest BCUT2D eigenvalue weighted by molar-refractivity contribution is 4.60. The van der Waals surface area contributed by atoms with E-state index < -0.39 is 0 Å². The maximum Gasteiger partial charge on any atom is 0.0108 e. The zero-order valence-electron chi connectivity index (χ0n) is 8.27. The first-order chi connectivity index (χ1) is 5.85. The zero-order valence-corrected chi connectivity index (χ0v) is 8.27. The summed E-state index contributed by atoms with van der Waals surface area (Å²) in [6.45, 7) is 5.95. The van der Waals surface area contributed by atoms with Gasteiger partial charge < -0.3 is 16.4 Å². The topological polar surface area (TPSA) is 53.3 Å². The molecule has 0 amide bonds. The zero-order chi connectivity index (χ0) is 9.23. The molecule has 0 aromatic carbocycles. The largest absolute Gasteiger partial charge is 0.329 e. The Labute approximate surface area is 75.5 Å². The minimum absolute atomic E-state index is 0.743. The molecule has 4 heteroatoms. The summed E-state index contributed by atoms with van der Waals surface area (Å²) < 4.78 is 0. The van der Waals surface area contributed by atoms with Crippen LogP contribution in [0.4, 0.5) is 0 Å². The maximum absolute atomic E-state index is 5.49. The molecule has 0 saturated heterocycles. The summed E-state index contributed by atoms with van der Waals surface area (Å²) in [5.74, 6) is 0. The Morgan fingerprint density at radius 2 is 1.50 bits per heavy atom. The Balaban J connectivity index is 3.40. The summed E-state index contributed by atoms with van der Waals surface area (Å²) in [6, 6.07) is 0. The van der Waals surface area contributed by atoms with Gasteiger partial charge in [0.2, 0.25) is 0 Å². The van der Waals surface area contributed by atoms with Crippen molar-refractivity contribution in [1.29, 1.82) is 0 Å². The van der Waals surface area contributed by atoms with Crippen LogP contribution in [-0.2, 0) is 0 Å². The van der Waals surface area contributed by atoms with E-state index in [1.54, 1.807) is 0 Å². The fraction of sp³-hybridized carbons (Fsp3) is 1.00. The van der Waals surface area contributed by atoms with E-state index in [0.717, 1.165) is 39.3 Å². The molecule has 0 aromatic rings. The summed E-state index contributed by atoms with van der Waals surface area (Å²) in [5, 5.41) is 6.26. The first-order valence-corrected chi connectivity index (χ1v) is 4.56. The quantitative estimate of drug-likeness (QED) is 0.427. The summed E-state index contributed by atoms with van der Waals surface area (Å²) in [4.78, 5) is 2.35. The molecule has 4 N–H and O–H groups in total. The molecule has 0 rings (SSSR count).